The number of thiazole rings is 1. The van der Waals surface area contributed by atoms with Gasteiger partial charge in [0.25, 0.3) is 0 Å². The summed E-state index contributed by atoms with van der Waals surface area (Å²) >= 11 is 1.45. The molecule has 0 aliphatic heterocycles. The summed E-state index contributed by atoms with van der Waals surface area (Å²) in [5, 5.41) is 7.60. The molecule has 2 aromatic carbocycles. The molecular formula is C20H17FN4S. The van der Waals surface area contributed by atoms with Crippen LogP contribution in [0.5, 0.6) is 0 Å². The van der Waals surface area contributed by atoms with Crippen molar-refractivity contribution < 1.29 is 4.39 Å². The molecule has 4 nitrogen and oxygen atoms in total. The Kier molecular flexibility index (Phi) is 4.50. The van der Waals surface area contributed by atoms with Gasteiger partial charge < -0.3 is 4.98 Å². The summed E-state index contributed by atoms with van der Waals surface area (Å²) in [5.74, 6) is -0.274. The largest absolute Gasteiger partial charge is 0.361 e. The molecule has 0 aliphatic carbocycles. The third kappa shape index (κ3) is 2.99. The highest BCUT2D eigenvalue weighted by molar-refractivity contribution is 7.07. The first-order valence-corrected chi connectivity index (χ1v) is 9.22. The van der Waals surface area contributed by atoms with E-state index in [1.54, 1.807) is 23.0 Å². The molecule has 6 heteroatoms. The molecule has 4 aromatic rings. The summed E-state index contributed by atoms with van der Waals surface area (Å²) in [6.45, 7) is 2.61. The van der Waals surface area contributed by atoms with Crippen LogP contribution in [0.1, 0.15) is 12.5 Å². The highest BCUT2D eigenvalue weighted by atomic mass is 32.1. The number of hydrogen-bond donors (Lipinski definition) is 1. The van der Waals surface area contributed by atoms with Crippen LogP contribution in [-0.2, 0) is 0 Å². The minimum atomic E-state index is -0.274. The average Bonchev–Trinajstić information content (AvgIpc) is 3.25. The summed E-state index contributed by atoms with van der Waals surface area (Å²) in [6.07, 6.45) is 3.70. The lowest BCUT2D eigenvalue weighted by atomic mass is 10.1. The zero-order valence-electron chi connectivity index (χ0n) is 14.2. The SMILES string of the molecule is CCN=c1scc(-c2ccccc2F)n1N=Cc1c[nH]c2ccccc12. The third-order valence-electron chi connectivity index (χ3n) is 4.06. The number of benzene rings is 2. The van der Waals surface area contributed by atoms with Crippen LogP contribution in [0, 0.1) is 5.82 Å². The number of aromatic amines is 1. The Hall–Kier alpha value is -2.99. The normalized spacial score (nSPS) is 12.5. The number of rotatable bonds is 4. The molecule has 4 rings (SSSR count). The molecule has 0 fully saturated rings. The Morgan fingerprint density at radius 3 is 2.81 bits per heavy atom. The van der Waals surface area contributed by atoms with E-state index >= 15 is 0 Å². The van der Waals surface area contributed by atoms with Crippen LogP contribution in [-0.4, -0.2) is 22.4 Å². The summed E-state index contributed by atoms with van der Waals surface area (Å²) in [6, 6.07) is 14.8. The van der Waals surface area contributed by atoms with Gasteiger partial charge in [-0.25, -0.2) is 9.07 Å². The van der Waals surface area contributed by atoms with E-state index in [1.807, 2.05) is 48.8 Å². The van der Waals surface area contributed by atoms with Crippen LogP contribution in [0.4, 0.5) is 4.39 Å². The zero-order valence-corrected chi connectivity index (χ0v) is 15.0. The standard InChI is InChI=1S/C20H17FN4S/c1-2-22-20-25(19(13-26-20)16-8-3-5-9-17(16)21)24-12-14-11-23-18-10-6-4-7-15(14)18/h3-13,23H,2H2,1H3. The molecule has 0 spiro atoms. The summed E-state index contributed by atoms with van der Waals surface area (Å²) in [7, 11) is 0. The Morgan fingerprint density at radius 1 is 1.15 bits per heavy atom. The Morgan fingerprint density at radius 2 is 1.96 bits per heavy atom. The molecule has 2 heterocycles. The molecule has 2 aromatic heterocycles. The van der Waals surface area contributed by atoms with Crippen molar-refractivity contribution >= 4 is 28.5 Å². The molecule has 0 amide bonds. The topological polar surface area (TPSA) is 45.4 Å². The summed E-state index contributed by atoms with van der Waals surface area (Å²) in [4.78, 5) is 8.45. The third-order valence-corrected chi connectivity index (χ3v) is 4.92. The van der Waals surface area contributed by atoms with E-state index in [2.05, 4.69) is 15.1 Å². The van der Waals surface area contributed by atoms with Crippen molar-refractivity contribution in [1.29, 1.82) is 0 Å². The smallest absolute Gasteiger partial charge is 0.206 e. The van der Waals surface area contributed by atoms with Crippen molar-refractivity contribution in [1.82, 2.24) is 9.66 Å². The van der Waals surface area contributed by atoms with E-state index in [-0.39, 0.29) is 5.82 Å². The van der Waals surface area contributed by atoms with E-state index in [4.69, 9.17) is 0 Å². The van der Waals surface area contributed by atoms with Gasteiger partial charge in [-0.15, -0.1) is 11.3 Å². The van der Waals surface area contributed by atoms with Crippen molar-refractivity contribution in [3.8, 4) is 11.3 Å². The lowest BCUT2D eigenvalue weighted by Gasteiger charge is -2.04. The Bertz CT molecular complexity index is 1150. The van der Waals surface area contributed by atoms with Gasteiger partial charge >= 0.3 is 0 Å². The quantitative estimate of drug-likeness (QED) is 0.513. The minimum absolute atomic E-state index is 0.274. The highest BCUT2D eigenvalue weighted by Gasteiger charge is 2.11. The van der Waals surface area contributed by atoms with Crippen molar-refractivity contribution in [3.05, 3.63) is 76.3 Å². The van der Waals surface area contributed by atoms with Crippen LogP contribution in [0.2, 0.25) is 0 Å². The summed E-state index contributed by atoms with van der Waals surface area (Å²) in [5.41, 5.74) is 3.23. The fourth-order valence-electron chi connectivity index (χ4n) is 2.83. The van der Waals surface area contributed by atoms with Crippen LogP contribution >= 0.6 is 11.3 Å². The molecule has 0 radical (unpaired) electrons. The molecular weight excluding hydrogens is 347 g/mol. The van der Waals surface area contributed by atoms with Gasteiger partial charge in [0.2, 0.25) is 4.80 Å². The molecule has 0 saturated carbocycles. The second-order valence-corrected chi connectivity index (χ2v) is 6.54. The van der Waals surface area contributed by atoms with E-state index < -0.39 is 0 Å². The molecule has 0 bridgehead atoms. The van der Waals surface area contributed by atoms with Crippen LogP contribution < -0.4 is 4.80 Å². The van der Waals surface area contributed by atoms with E-state index in [1.165, 1.54) is 17.4 Å². The predicted octanol–water partition coefficient (Wildman–Crippen LogP) is 4.64. The maximum absolute atomic E-state index is 14.3. The van der Waals surface area contributed by atoms with Gasteiger partial charge in [-0.2, -0.15) is 5.10 Å². The van der Waals surface area contributed by atoms with Gasteiger partial charge in [-0.3, -0.25) is 4.99 Å². The van der Waals surface area contributed by atoms with Crippen molar-refractivity contribution in [2.24, 2.45) is 10.1 Å². The van der Waals surface area contributed by atoms with Gasteiger partial charge in [0.15, 0.2) is 0 Å². The number of halogens is 1. The number of nitrogens with one attached hydrogen (secondary N) is 1. The van der Waals surface area contributed by atoms with Gasteiger partial charge in [0.05, 0.1) is 11.9 Å². The minimum Gasteiger partial charge on any atom is -0.361 e. The monoisotopic (exact) mass is 364 g/mol. The van der Waals surface area contributed by atoms with Gasteiger partial charge in [-0.1, -0.05) is 30.3 Å². The number of hydrogen-bond acceptors (Lipinski definition) is 3. The first-order chi connectivity index (χ1) is 12.8. The number of fused-ring (bicyclic) bond motifs is 1. The zero-order chi connectivity index (χ0) is 17.9. The average molecular weight is 364 g/mol. The van der Waals surface area contributed by atoms with Crippen LogP contribution in [0.25, 0.3) is 22.2 Å². The van der Waals surface area contributed by atoms with E-state index in [0.29, 0.717) is 17.8 Å². The molecule has 1 N–H and O–H groups in total. The first-order valence-electron chi connectivity index (χ1n) is 8.34. The second kappa shape index (κ2) is 7.09. The van der Waals surface area contributed by atoms with E-state index in [9.17, 15) is 4.39 Å². The maximum atomic E-state index is 14.3. The van der Waals surface area contributed by atoms with Crippen LogP contribution in [0.3, 0.4) is 0 Å². The fourth-order valence-corrected chi connectivity index (χ4v) is 3.72. The number of nitrogens with zero attached hydrogens (tertiary/aromatic N) is 3. The lowest BCUT2D eigenvalue weighted by Crippen LogP contribution is -2.12. The molecule has 0 unspecified atom stereocenters. The molecule has 26 heavy (non-hydrogen) atoms. The van der Waals surface area contributed by atoms with Gasteiger partial charge in [0.1, 0.15) is 5.82 Å². The van der Waals surface area contributed by atoms with Crippen molar-refractivity contribution in [2.45, 2.75) is 6.92 Å². The molecule has 0 atom stereocenters. The highest BCUT2D eigenvalue weighted by Crippen LogP contribution is 2.23. The summed E-state index contributed by atoms with van der Waals surface area (Å²) < 4.78 is 16.0. The Balaban J connectivity index is 1.84. The first kappa shape index (κ1) is 16.5. The Labute approximate surface area is 154 Å². The predicted molar refractivity (Wildman–Crippen MR) is 105 cm³/mol. The number of H-pyrrole nitrogens is 1. The molecule has 0 saturated heterocycles. The van der Waals surface area contributed by atoms with Crippen LogP contribution in [0.15, 0.2) is 70.2 Å². The lowest BCUT2D eigenvalue weighted by molar-refractivity contribution is 0.629. The molecule has 0 aliphatic rings. The van der Waals surface area contributed by atoms with Gasteiger partial charge in [0, 0.05) is 40.2 Å². The maximum Gasteiger partial charge on any atom is 0.206 e. The van der Waals surface area contributed by atoms with Crippen molar-refractivity contribution in [2.75, 3.05) is 6.54 Å². The van der Waals surface area contributed by atoms with Gasteiger partial charge in [-0.05, 0) is 25.1 Å². The number of para-hydroxylation sites is 1. The second-order valence-electron chi connectivity index (χ2n) is 5.70. The van der Waals surface area contributed by atoms with Crippen molar-refractivity contribution in [3.63, 3.8) is 0 Å². The number of aromatic nitrogens is 2. The molecule has 130 valence electrons. The fraction of sp³-hybridized carbons (Fsp3) is 0.100. The van der Waals surface area contributed by atoms with E-state index in [0.717, 1.165) is 21.3 Å².